The topological polar surface area (TPSA) is 26.0 Å². The Kier molecular flexibility index (Phi) is 2.05. The molecule has 0 aromatic carbocycles. The third-order valence-electron chi connectivity index (χ3n) is 2.69. The summed E-state index contributed by atoms with van der Waals surface area (Å²) < 4.78 is 1.18. The molecule has 0 amide bonds. The molecule has 1 aromatic heterocycles. The Morgan fingerprint density at radius 1 is 1.58 bits per heavy atom. The lowest BCUT2D eigenvalue weighted by Crippen LogP contribution is -2.18. The third kappa shape index (κ3) is 1.45. The smallest absolute Gasteiger partial charge is 0.0701 e. The fraction of sp³-hybridized carbons (Fsp3) is 0.556. The van der Waals surface area contributed by atoms with Crippen molar-refractivity contribution in [1.29, 1.82) is 0 Å². The quantitative estimate of drug-likeness (QED) is 0.851. The highest BCUT2D eigenvalue weighted by molar-refractivity contribution is 9.11. The second-order valence-electron chi connectivity index (χ2n) is 3.77. The van der Waals surface area contributed by atoms with Crippen LogP contribution in [0.1, 0.15) is 30.7 Å². The minimum atomic E-state index is 0.244. The fourth-order valence-electron chi connectivity index (χ4n) is 1.35. The molecule has 0 spiro atoms. The van der Waals surface area contributed by atoms with Gasteiger partial charge in [0.15, 0.2) is 0 Å². The minimum absolute atomic E-state index is 0.244. The van der Waals surface area contributed by atoms with Crippen molar-refractivity contribution in [3.05, 3.63) is 20.8 Å². The van der Waals surface area contributed by atoms with Gasteiger partial charge >= 0.3 is 0 Å². The molecule has 0 bridgehead atoms. The molecule has 0 radical (unpaired) electrons. The van der Waals surface area contributed by atoms with Crippen LogP contribution in [0.5, 0.6) is 0 Å². The van der Waals surface area contributed by atoms with Crippen LogP contribution in [-0.4, -0.2) is 0 Å². The van der Waals surface area contributed by atoms with Crippen molar-refractivity contribution in [2.24, 2.45) is 11.1 Å². The normalized spacial score (nSPS) is 22.2. The predicted octanol–water partition coefficient (Wildman–Crippen LogP) is 3.31. The van der Waals surface area contributed by atoms with E-state index in [1.807, 2.05) is 0 Å². The Balaban J connectivity index is 2.19. The number of nitrogens with two attached hydrogens (primary N) is 1. The van der Waals surface area contributed by atoms with E-state index < -0.39 is 0 Å². The summed E-state index contributed by atoms with van der Waals surface area (Å²) in [6.07, 6.45) is 2.56. The maximum absolute atomic E-state index is 6.14. The van der Waals surface area contributed by atoms with E-state index in [4.69, 9.17) is 5.73 Å². The van der Waals surface area contributed by atoms with Gasteiger partial charge in [-0.2, -0.15) is 0 Å². The van der Waals surface area contributed by atoms with E-state index in [1.165, 1.54) is 21.5 Å². The second-order valence-corrected chi connectivity index (χ2v) is 6.27. The zero-order valence-corrected chi connectivity index (χ0v) is 9.41. The van der Waals surface area contributed by atoms with Gasteiger partial charge in [-0.15, -0.1) is 11.3 Å². The lowest BCUT2D eigenvalue weighted by Gasteiger charge is -2.16. The van der Waals surface area contributed by atoms with Crippen molar-refractivity contribution < 1.29 is 0 Å². The largest absolute Gasteiger partial charge is 0.323 e. The van der Waals surface area contributed by atoms with Gasteiger partial charge in [0, 0.05) is 10.9 Å². The molecule has 1 unspecified atom stereocenters. The van der Waals surface area contributed by atoms with E-state index in [1.54, 1.807) is 11.3 Å². The number of thiophene rings is 1. The first-order valence-electron chi connectivity index (χ1n) is 4.13. The van der Waals surface area contributed by atoms with Gasteiger partial charge in [-0.05, 0) is 46.3 Å². The summed E-state index contributed by atoms with van der Waals surface area (Å²) in [7, 11) is 0. The van der Waals surface area contributed by atoms with E-state index in [0.29, 0.717) is 5.41 Å². The maximum atomic E-state index is 6.14. The standard InChI is InChI=1S/C9H12BrNS/c1-9(4-5-9)8(11)6-2-3-7(10)12-6/h2-3,8H,4-5,11H2,1H3. The van der Waals surface area contributed by atoms with E-state index >= 15 is 0 Å². The van der Waals surface area contributed by atoms with Crippen molar-refractivity contribution >= 4 is 27.3 Å². The molecule has 1 atom stereocenters. The van der Waals surface area contributed by atoms with Gasteiger partial charge < -0.3 is 5.73 Å². The molecule has 1 aliphatic rings. The molecular formula is C9H12BrNS. The average molecular weight is 246 g/mol. The lowest BCUT2D eigenvalue weighted by atomic mass is 9.99. The average Bonchev–Trinajstić information content (AvgIpc) is 2.62. The van der Waals surface area contributed by atoms with Crippen LogP contribution >= 0.6 is 27.3 Å². The molecule has 2 rings (SSSR count). The SMILES string of the molecule is CC1(C(N)c2ccc(Br)s2)CC1. The van der Waals surface area contributed by atoms with Gasteiger partial charge in [-0.25, -0.2) is 0 Å². The molecule has 1 aliphatic carbocycles. The van der Waals surface area contributed by atoms with Gasteiger partial charge in [-0.3, -0.25) is 0 Å². The molecule has 2 N–H and O–H groups in total. The van der Waals surface area contributed by atoms with E-state index in [9.17, 15) is 0 Å². The molecule has 1 aromatic rings. The van der Waals surface area contributed by atoms with E-state index in [2.05, 4.69) is 35.0 Å². The van der Waals surface area contributed by atoms with Crippen LogP contribution in [0.2, 0.25) is 0 Å². The number of hydrogen-bond donors (Lipinski definition) is 1. The lowest BCUT2D eigenvalue weighted by molar-refractivity contribution is 0.457. The van der Waals surface area contributed by atoms with Gasteiger partial charge in [-0.1, -0.05) is 6.92 Å². The summed E-state index contributed by atoms with van der Waals surface area (Å²) in [4.78, 5) is 1.31. The Labute approximate surface area is 85.1 Å². The zero-order chi connectivity index (χ0) is 8.77. The zero-order valence-electron chi connectivity index (χ0n) is 7.01. The number of hydrogen-bond acceptors (Lipinski definition) is 2. The van der Waals surface area contributed by atoms with Crippen molar-refractivity contribution in [1.82, 2.24) is 0 Å². The first-order chi connectivity index (χ1) is 5.62. The summed E-state index contributed by atoms with van der Waals surface area (Å²) in [6, 6.07) is 4.45. The highest BCUT2D eigenvalue weighted by atomic mass is 79.9. The molecular weight excluding hydrogens is 234 g/mol. The summed E-state index contributed by atoms with van der Waals surface area (Å²) in [5, 5.41) is 0. The molecule has 3 heteroatoms. The van der Waals surface area contributed by atoms with Crippen LogP contribution in [0.15, 0.2) is 15.9 Å². The summed E-state index contributed by atoms with van der Waals surface area (Å²) in [5.41, 5.74) is 6.53. The Morgan fingerprint density at radius 2 is 2.25 bits per heavy atom. The molecule has 0 aliphatic heterocycles. The Morgan fingerprint density at radius 3 is 2.67 bits per heavy atom. The number of halogens is 1. The van der Waals surface area contributed by atoms with Crippen LogP contribution in [0, 0.1) is 5.41 Å². The van der Waals surface area contributed by atoms with Crippen LogP contribution < -0.4 is 5.73 Å². The molecule has 1 nitrogen and oxygen atoms in total. The van der Waals surface area contributed by atoms with Crippen LogP contribution in [-0.2, 0) is 0 Å². The van der Waals surface area contributed by atoms with Crippen LogP contribution in [0.3, 0.4) is 0 Å². The summed E-state index contributed by atoms with van der Waals surface area (Å²) >= 11 is 5.20. The van der Waals surface area contributed by atoms with E-state index in [-0.39, 0.29) is 6.04 Å². The van der Waals surface area contributed by atoms with Crippen molar-refractivity contribution in [3.8, 4) is 0 Å². The Hall–Kier alpha value is 0.140. The molecule has 1 heterocycles. The van der Waals surface area contributed by atoms with Gasteiger partial charge in [0.05, 0.1) is 3.79 Å². The first kappa shape index (κ1) is 8.73. The minimum Gasteiger partial charge on any atom is -0.323 e. The van der Waals surface area contributed by atoms with Gasteiger partial charge in [0.1, 0.15) is 0 Å². The maximum Gasteiger partial charge on any atom is 0.0701 e. The molecule has 1 saturated carbocycles. The van der Waals surface area contributed by atoms with Crippen molar-refractivity contribution in [3.63, 3.8) is 0 Å². The first-order valence-corrected chi connectivity index (χ1v) is 5.74. The van der Waals surface area contributed by atoms with E-state index in [0.717, 1.165) is 0 Å². The molecule has 0 saturated heterocycles. The highest BCUT2D eigenvalue weighted by Crippen LogP contribution is 2.54. The molecule has 1 fully saturated rings. The third-order valence-corrected chi connectivity index (χ3v) is 4.40. The van der Waals surface area contributed by atoms with Gasteiger partial charge in [0.2, 0.25) is 0 Å². The highest BCUT2D eigenvalue weighted by Gasteiger charge is 2.44. The molecule has 66 valence electrons. The monoisotopic (exact) mass is 245 g/mol. The second kappa shape index (κ2) is 2.82. The van der Waals surface area contributed by atoms with Crippen molar-refractivity contribution in [2.75, 3.05) is 0 Å². The molecule has 12 heavy (non-hydrogen) atoms. The fourth-order valence-corrected chi connectivity index (χ4v) is 2.95. The summed E-state index contributed by atoms with van der Waals surface area (Å²) in [6.45, 7) is 2.27. The van der Waals surface area contributed by atoms with Crippen LogP contribution in [0.4, 0.5) is 0 Å². The number of rotatable bonds is 2. The van der Waals surface area contributed by atoms with Crippen LogP contribution in [0.25, 0.3) is 0 Å². The van der Waals surface area contributed by atoms with Gasteiger partial charge in [0.25, 0.3) is 0 Å². The van der Waals surface area contributed by atoms with Crippen molar-refractivity contribution in [2.45, 2.75) is 25.8 Å². The predicted molar refractivity (Wildman–Crippen MR) is 56.3 cm³/mol. The Bertz CT molecular complexity index is 290. The summed E-state index contributed by atoms with van der Waals surface area (Å²) in [5.74, 6) is 0.